The van der Waals surface area contributed by atoms with E-state index in [1.54, 1.807) is 6.92 Å². The fraction of sp³-hybridized carbons (Fsp3) is 0.235. The molecule has 9 nitrogen and oxygen atoms in total. The van der Waals surface area contributed by atoms with Gasteiger partial charge in [-0.25, -0.2) is 26.7 Å². The molecule has 11 heteroatoms. The molecular formula is C17H21N3O6S2. The van der Waals surface area contributed by atoms with E-state index in [0.29, 0.717) is 12.1 Å². The van der Waals surface area contributed by atoms with E-state index < -0.39 is 26.0 Å². The monoisotopic (exact) mass is 427 g/mol. The van der Waals surface area contributed by atoms with Gasteiger partial charge in [-0.15, -0.1) is 0 Å². The van der Waals surface area contributed by atoms with Crippen LogP contribution in [-0.4, -0.2) is 36.4 Å². The molecule has 0 aromatic heterocycles. The number of rotatable bonds is 8. The Bertz CT molecular complexity index is 1060. The average molecular weight is 428 g/mol. The van der Waals surface area contributed by atoms with Crippen LogP contribution in [-0.2, 0) is 26.6 Å². The zero-order valence-corrected chi connectivity index (χ0v) is 16.9. The summed E-state index contributed by atoms with van der Waals surface area (Å²) in [6.07, 6.45) is 0. The number of methoxy groups -OCH3 is 1. The normalized spacial score (nSPS) is 11.8. The molecule has 2 aromatic carbocycles. The van der Waals surface area contributed by atoms with Crippen LogP contribution >= 0.6 is 0 Å². The number of carbonyl (C=O) groups excluding carboxylic acids is 1. The molecule has 4 N–H and O–H groups in total. The van der Waals surface area contributed by atoms with Crippen molar-refractivity contribution >= 4 is 26.0 Å². The second kappa shape index (κ2) is 8.69. The maximum atomic E-state index is 12.7. The Morgan fingerprint density at radius 1 is 1.07 bits per heavy atom. The van der Waals surface area contributed by atoms with Crippen molar-refractivity contribution in [3.05, 3.63) is 53.6 Å². The van der Waals surface area contributed by atoms with Crippen molar-refractivity contribution in [1.82, 2.24) is 10.0 Å². The molecule has 0 saturated heterocycles. The summed E-state index contributed by atoms with van der Waals surface area (Å²) >= 11 is 0. The molecule has 2 aromatic rings. The predicted octanol–water partition coefficient (Wildman–Crippen LogP) is 0.571. The highest BCUT2D eigenvalue weighted by Gasteiger charge is 2.21. The van der Waals surface area contributed by atoms with Gasteiger partial charge in [-0.05, 0) is 42.8 Å². The van der Waals surface area contributed by atoms with Gasteiger partial charge in [0.2, 0.25) is 20.0 Å². The third kappa shape index (κ3) is 5.29. The van der Waals surface area contributed by atoms with E-state index in [-0.39, 0.29) is 27.6 Å². The number of sulfonamides is 2. The molecule has 0 bridgehead atoms. The summed E-state index contributed by atoms with van der Waals surface area (Å²) in [7, 11) is -6.51. The van der Waals surface area contributed by atoms with Gasteiger partial charge in [0.15, 0.2) is 0 Å². The van der Waals surface area contributed by atoms with Crippen molar-refractivity contribution in [1.29, 1.82) is 0 Å². The standard InChI is InChI=1S/C17H21N3O6S2/c1-3-19-17(21)13-6-9-15(26-2)16(10-13)28(24,25)20-11-12-4-7-14(8-5-12)27(18,22)23/h4-10,20H,3,11H2,1-2H3,(H,19,21)(H2,18,22,23). The third-order valence-electron chi connectivity index (χ3n) is 3.77. The molecular weight excluding hydrogens is 406 g/mol. The van der Waals surface area contributed by atoms with Crippen molar-refractivity contribution in [2.45, 2.75) is 23.3 Å². The lowest BCUT2D eigenvalue weighted by Gasteiger charge is -2.12. The SMILES string of the molecule is CCNC(=O)c1ccc(OC)c(S(=O)(=O)NCc2ccc(S(N)(=O)=O)cc2)c1. The number of nitrogens with one attached hydrogen (secondary N) is 2. The molecule has 0 heterocycles. The Kier molecular flexibility index (Phi) is 6.77. The molecule has 2 rings (SSSR count). The second-order valence-corrected chi connectivity index (χ2v) is 9.04. The van der Waals surface area contributed by atoms with Crippen LogP contribution < -0.4 is 19.9 Å². The van der Waals surface area contributed by atoms with Gasteiger partial charge in [-0.1, -0.05) is 12.1 Å². The number of ether oxygens (including phenoxy) is 1. The van der Waals surface area contributed by atoms with Gasteiger partial charge in [-0.3, -0.25) is 4.79 Å². The van der Waals surface area contributed by atoms with E-state index in [4.69, 9.17) is 9.88 Å². The topological polar surface area (TPSA) is 145 Å². The number of hydrogen-bond acceptors (Lipinski definition) is 6. The second-order valence-electron chi connectivity index (χ2n) is 5.74. The first-order valence-electron chi connectivity index (χ1n) is 8.16. The van der Waals surface area contributed by atoms with Gasteiger partial charge in [0, 0.05) is 18.7 Å². The summed E-state index contributed by atoms with van der Waals surface area (Å²) in [5.41, 5.74) is 0.704. The quantitative estimate of drug-likeness (QED) is 0.562. The van der Waals surface area contributed by atoms with E-state index in [0.717, 1.165) is 0 Å². The minimum absolute atomic E-state index is 0.0737. The lowest BCUT2D eigenvalue weighted by atomic mass is 10.2. The smallest absolute Gasteiger partial charge is 0.251 e. The lowest BCUT2D eigenvalue weighted by molar-refractivity contribution is 0.0955. The Balaban J connectivity index is 2.26. The van der Waals surface area contributed by atoms with Gasteiger partial charge in [0.1, 0.15) is 10.6 Å². The van der Waals surface area contributed by atoms with E-state index in [1.807, 2.05) is 0 Å². The highest BCUT2D eigenvalue weighted by Crippen LogP contribution is 2.25. The number of amides is 1. The molecule has 0 aliphatic heterocycles. The van der Waals surface area contributed by atoms with Crippen LogP contribution in [0.3, 0.4) is 0 Å². The third-order valence-corrected chi connectivity index (χ3v) is 6.12. The van der Waals surface area contributed by atoms with Gasteiger partial charge >= 0.3 is 0 Å². The lowest BCUT2D eigenvalue weighted by Crippen LogP contribution is -2.26. The molecule has 0 aliphatic carbocycles. The number of hydrogen-bond donors (Lipinski definition) is 3. The molecule has 0 unspecified atom stereocenters. The molecule has 0 fully saturated rings. The largest absolute Gasteiger partial charge is 0.495 e. The van der Waals surface area contributed by atoms with Gasteiger partial charge < -0.3 is 10.1 Å². The Morgan fingerprint density at radius 3 is 2.25 bits per heavy atom. The number of carbonyl (C=O) groups is 1. The molecule has 0 radical (unpaired) electrons. The van der Waals surface area contributed by atoms with Crippen LogP contribution in [0.15, 0.2) is 52.3 Å². The fourth-order valence-corrected chi connectivity index (χ4v) is 4.07. The highest BCUT2D eigenvalue weighted by molar-refractivity contribution is 7.89. The van der Waals surface area contributed by atoms with Crippen LogP contribution in [0, 0.1) is 0 Å². The van der Waals surface area contributed by atoms with E-state index in [1.165, 1.54) is 49.6 Å². The molecule has 0 aliphatic rings. The summed E-state index contributed by atoms with van der Waals surface area (Å²) in [4.78, 5) is 11.7. The first-order chi connectivity index (χ1) is 13.1. The maximum Gasteiger partial charge on any atom is 0.251 e. The highest BCUT2D eigenvalue weighted by atomic mass is 32.2. The fourth-order valence-electron chi connectivity index (χ4n) is 2.34. The predicted molar refractivity (Wildman–Crippen MR) is 103 cm³/mol. The van der Waals surface area contributed by atoms with E-state index >= 15 is 0 Å². The van der Waals surface area contributed by atoms with Crippen molar-refractivity contribution in [3.8, 4) is 5.75 Å². The summed E-state index contributed by atoms with van der Waals surface area (Å²) in [6.45, 7) is 2.06. The molecule has 0 saturated carbocycles. The van der Waals surface area contributed by atoms with Crippen molar-refractivity contribution < 1.29 is 26.4 Å². The van der Waals surface area contributed by atoms with Crippen molar-refractivity contribution in [3.63, 3.8) is 0 Å². The minimum Gasteiger partial charge on any atom is -0.495 e. The zero-order valence-electron chi connectivity index (χ0n) is 15.3. The number of nitrogens with two attached hydrogens (primary N) is 1. The van der Waals surface area contributed by atoms with Crippen molar-refractivity contribution in [2.75, 3.05) is 13.7 Å². The molecule has 0 atom stereocenters. The molecule has 28 heavy (non-hydrogen) atoms. The molecule has 1 amide bonds. The van der Waals surface area contributed by atoms with Crippen LogP contribution in [0.5, 0.6) is 5.75 Å². The van der Waals surface area contributed by atoms with Gasteiger partial charge in [0.05, 0.1) is 12.0 Å². The van der Waals surface area contributed by atoms with Crippen LogP contribution in [0.2, 0.25) is 0 Å². The first kappa shape index (κ1) is 21.8. The Morgan fingerprint density at radius 2 is 1.71 bits per heavy atom. The average Bonchev–Trinajstić information content (AvgIpc) is 2.65. The maximum absolute atomic E-state index is 12.7. The Labute approximate surface area is 164 Å². The van der Waals surface area contributed by atoms with E-state index in [9.17, 15) is 21.6 Å². The molecule has 0 spiro atoms. The van der Waals surface area contributed by atoms with Crippen LogP contribution in [0.1, 0.15) is 22.8 Å². The summed E-state index contributed by atoms with van der Waals surface area (Å²) in [5.74, 6) is -0.315. The summed E-state index contributed by atoms with van der Waals surface area (Å²) in [6, 6.07) is 9.57. The first-order valence-corrected chi connectivity index (χ1v) is 11.2. The summed E-state index contributed by atoms with van der Waals surface area (Å²) in [5, 5.41) is 7.63. The zero-order chi connectivity index (χ0) is 20.9. The minimum atomic E-state index is -4.01. The Hall–Kier alpha value is -2.47. The molecule has 152 valence electrons. The van der Waals surface area contributed by atoms with Gasteiger partial charge in [0.25, 0.3) is 5.91 Å². The summed E-state index contributed by atoms with van der Waals surface area (Å²) < 4.78 is 55.5. The van der Waals surface area contributed by atoms with Crippen molar-refractivity contribution in [2.24, 2.45) is 5.14 Å². The van der Waals surface area contributed by atoms with E-state index in [2.05, 4.69) is 10.0 Å². The number of primary sulfonamides is 1. The number of benzene rings is 2. The van der Waals surface area contributed by atoms with Gasteiger partial charge in [-0.2, -0.15) is 0 Å². The van der Waals surface area contributed by atoms with Crippen LogP contribution in [0.4, 0.5) is 0 Å². The van der Waals surface area contributed by atoms with Crippen LogP contribution in [0.25, 0.3) is 0 Å².